The van der Waals surface area contributed by atoms with E-state index in [9.17, 15) is 20.0 Å². The third-order valence-electron chi connectivity index (χ3n) is 3.25. The van der Waals surface area contributed by atoms with Crippen LogP contribution in [-0.2, 0) is 0 Å². The molecule has 0 aliphatic carbocycles. The minimum atomic E-state index is -0.689. The number of aliphatic hydroxyl groups is 1. The number of amides is 1. The van der Waals surface area contributed by atoms with Crippen LogP contribution < -0.4 is 0 Å². The highest BCUT2D eigenvalue weighted by molar-refractivity contribution is 5.96. The van der Waals surface area contributed by atoms with Gasteiger partial charge >= 0.3 is 0 Å². The van der Waals surface area contributed by atoms with Crippen molar-refractivity contribution in [1.82, 2.24) is 4.90 Å². The molecular weight excluding hydrogens is 248 g/mol. The van der Waals surface area contributed by atoms with Gasteiger partial charge in [0.1, 0.15) is 0 Å². The number of carbonyl (C=O) groups is 1. The molecule has 0 aliphatic rings. The number of aryl methyl sites for hydroxylation is 1. The summed E-state index contributed by atoms with van der Waals surface area (Å²) in [6.07, 6.45) is 0. The number of nitro groups is 1. The van der Waals surface area contributed by atoms with E-state index < -0.39 is 10.5 Å². The fourth-order valence-electron chi connectivity index (χ4n) is 1.56. The van der Waals surface area contributed by atoms with Crippen molar-refractivity contribution < 1.29 is 14.8 Å². The van der Waals surface area contributed by atoms with Crippen molar-refractivity contribution in [3.8, 4) is 0 Å². The maximum Gasteiger partial charge on any atom is 0.269 e. The number of likely N-dealkylation sites (N-methyl/N-ethyl adjacent to an activating group) is 1. The molecule has 104 valence electrons. The van der Waals surface area contributed by atoms with E-state index in [1.807, 2.05) is 0 Å². The summed E-state index contributed by atoms with van der Waals surface area (Å²) in [5.41, 5.74) is 0.207. The molecule has 6 nitrogen and oxygen atoms in total. The van der Waals surface area contributed by atoms with Gasteiger partial charge in [-0.2, -0.15) is 0 Å². The normalized spacial score (nSPS) is 11.2. The summed E-state index contributed by atoms with van der Waals surface area (Å²) < 4.78 is 0. The minimum Gasteiger partial charge on any atom is -0.394 e. The molecule has 6 heteroatoms. The van der Waals surface area contributed by atoms with Crippen molar-refractivity contribution in [2.24, 2.45) is 0 Å². The van der Waals surface area contributed by atoms with Crippen LogP contribution in [0.3, 0.4) is 0 Å². The van der Waals surface area contributed by atoms with E-state index in [1.54, 1.807) is 27.8 Å². The first-order valence-electron chi connectivity index (χ1n) is 5.85. The molecule has 0 aromatic heterocycles. The van der Waals surface area contributed by atoms with Gasteiger partial charge in [0.05, 0.1) is 17.1 Å². The zero-order chi connectivity index (χ0) is 14.8. The summed E-state index contributed by atoms with van der Waals surface area (Å²) in [6.45, 7) is 4.97. The van der Waals surface area contributed by atoms with Crippen LogP contribution in [0.4, 0.5) is 5.69 Å². The number of benzene rings is 1. The van der Waals surface area contributed by atoms with Crippen molar-refractivity contribution in [3.63, 3.8) is 0 Å². The highest BCUT2D eigenvalue weighted by Gasteiger charge is 2.28. The average Bonchev–Trinajstić information content (AvgIpc) is 2.36. The van der Waals surface area contributed by atoms with E-state index in [0.29, 0.717) is 11.1 Å². The second kappa shape index (κ2) is 5.36. The third-order valence-corrected chi connectivity index (χ3v) is 3.25. The highest BCUT2D eigenvalue weighted by Crippen LogP contribution is 2.21. The summed E-state index contributed by atoms with van der Waals surface area (Å²) in [6, 6.07) is 4.12. The average molecular weight is 266 g/mol. The van der Waals surface area contributed by atoms with Crippen molar-refractivity contribution in [2.75, 3.05) is 13.7 Å². The number of hydrogen-bond donors (Lipinski definition) is 1. The second-order valence-electron chi connectivity index (χ2n) is 5.09. The molecule has 0 fully saturated rings. The number of nitro benzene ring substituents is 1. The molecule has 0 radical (unpaired) electrons. The Morgan fingerprint density at radius 3 is 2.47 bits per heavy atom. The first kappa shape index (κ1) is 15.1. The standard InChI is InChI=1S/C13H18N2O4/c1-9-7-10(15(18)19)5-6-11(9)12(17)14(4)13(2,3)8-16/h5-7,16H,8H2,1-4H3. The molecule has 1 aromatic carbocycles. The van der Waals surface area contributed by atoms with Gasteiger partial charge in [-0.1, -0.05) is 0 Å². The predicted octanol–water partition coefficient (Wildman–Crippen LogP) is 1.75. The Morgan fingerprint density at radius 2 is 2.05 bits per heavy atom. The third kappa shape index (κ3) is 3.08. The van der Waals surface area contributed by atoms with E-state index >= 15 is 0 Å². The lowest BCUT2D eigenvalue weighted by atomic mass is 10.0. The number of carbonyl (C=O) groups excluding carboxylic acids is 1. The molecule has 1 aromatic rings. The van der Waals surface area contributed by atoms with Gasteiger partial charge in [-0.3, -0.25) is 14.9 Å². The Balaban J connectivity index is 3.11. The molecule has 1 rings (SSSR count). The molecule has 0 spiro atoms. The molecule has 0 saturated carbocycles. The lowest BCUT2D eigenvalue weighted by Crippen LogP contribution is -2.47. The lowest BCUT2D eigenvalue weighted by molar-refractivity contribution is -0.384. The minimum absolute atomic E-state index is 0.0434. The zero-order valence-corrected chi connectivity index (χ0v) is 11.5. The maximum absolute atomic E-state index is 12.3. The van der Waals surface area contributed by atoms with Crippen LogP contribution >= 0.6 is 0 Å². The van der Waals surface area contributed by atoms with Crippen LogP contribution in [0.5, 0.6) is 0 Å². The monoisotopic (exact) mass is 266 g/mol. The smallest absolute Gasteiger partial charge is 0.269 e. The molecule has 0 saturated heterocycles. The van der Waals surface area contributed by atoms with Gasteiger partial charge in [-0.15, -0.1) is 0 Å². The Bertz CT molecular complexity index is 511. The SMILES string of the molecule is Cc1cc([N+](=O)[O-])ccc1C(=O)N(C)C(C)(C)CO. The van der Waals surface area contributed by atoms with Crippen LogP contribution in [-0.4, -0.2) is 40.0 Å². The molecule has 0 atom stereocenters. The van der Waals surface area contributed by atoms with Crippen LogP contribution in [0.15, 0.2) is 18.2 Å². The number of rotatable bonds is 4. The van der Waals surface area contributed by atoms with Crippen molar-refractivity contribution in [3.05, 3.63) is 39.4 Å². The number of non-ortho nitro benzene ring substituents is 1. The molecule has 0 heterocycles. The van der Waals surface area contributed by atoms with Crippen molar-refractivity contribution in [2.45, 2.75) is 26.3 Å². The fraction of sp³-hybridized carbons (Fsp3) is 0.462. The molecule has 0 bridgehead atoms. The summed E-state index contributed by atoms with van der Waals surface area (Å²) >= 11 is 0. The van der Waals surface area contributed by atoms with E-state index in [1.165, 1.54) is 23.1 Å². The Kier molecular flexibility index (Phi) is 4.26. The molecule has 1 amide bonds. The van der Waals surface area contributed by atoms with Gasteiger partial charge in [0.2, 0.25) is 0 Å². The Hall–Kier alpha value is -1.95. The summed E-state index contributed by atoms with van der Waals surface area (Å²) in [5, 5.41) is 19.9. The van der Waals surface area contributed by atoms with Gasteiger partial charge in [-0.25, -0.2) is 0 Å². The van der Waals surface area contributed by atoms with Gasteiger partial charge in [0.25, 0.3) is 11.6 Å². The van der Waals surface area contributed by atoms with E-state index in [-0.39, 0.29) is 18.2 Å². The van der Waals surface area contributed by atoms with Crippen LogP contribution in [0.1, 0.15) is 29.8 Å². The first-order valence-corrected chi connectivity index (χ1v) is 5.85. The van der Waals surface area contributed by atoms with Gasteiger partial charge < -0.3 is 10.0 Å². The second-order valence-corrected chi connectivity index (χ2v) is 5.09. The molecule has 19 heavy (non-hydrogen) atoms. The lowest BCUT2D eigenvalue weighted by Gasteiger charge is -2.34. The van der Waals surface area contributed by atoms with Crippen LogP contribution in [0.25, 0.3) is 0 Å². The highest BCUT2D eigenvalue weighted by atomic mass is 16.6. The van der Waals surface area contributed by atoms with Crippen LogP contribution in [0.2, 0.25) is 0 Å². The first-order chi connectivity index (χ1) is 8.70. The molecular formula is C13H18N2O4. The number of hydrogen-bond acceptors (Lipinski definition) is 4. The van der Waals surface area contributed by atoms with E-state index in [4.69, 9.17) is 0 Å². The van der Waals surface area contributed by atoms with Gasteiger partial charge in [0, 0.05) is 24.7 Å². The Labute approximate surface area is 111 Å². The number of nitrogens with zero attached hydrogens (tertiary/aromatic N) is 2. The van der Waals surface area contributed by atoms with Gasteiger partial charge in [-0.05, 0) is 32.4 Å². The molecule has 0 aliphatic heterocycles. The van der Waals surface area contributed by atoms with Gasteiger partial charge in [0.15, 0.2) is 0 Å². The van der Waals surface area contributed by atoms with Crippen LogP contribution in [0, 0.1) is 17.0 Å². The van der Waals surface area contributed by atoms with Crippen molar-refractivity contribution >= 4 is 11.6 Å². The Morgan fingerprint density at radius 1 is 1.47 bits per heavy atom. The predicted molar refractivity (Wildman–Crippen MR) is 71.1 cm³/mol. The summed E-state index contributed by atoms with van der Waals surface area (Å²) in [4.78, 5) is 23.9. The molecule has 1 N–H and O–H groups in total. The topological polar surface area (TPSA) is 83.7 Å². The molecule has 0 unspecified atom stereocenters. The van der Waals surface area contributed by atoms with Crippen molar-refractivity contribution in [1.29, 1.82) is 0 Å². The van der Waals surface area contributed by atoms with E-state index in [0.717, 1.165) is 0 Å². The fourth-order valence-corrected chi connectivity index (χ4v) is 1.56. The summed E-state index contributed by atoms with van der Waals surface area (Å²) in [5.74, 6) is -0.272. The summed E-state index contributed by atoms with van der Waals surface area (Å²) in [7, 11) is 1.60. The number of aliphatic hydroxyl groups excluding tert-OH is 1. The largest absolute Gasteiger partial charge is 0.394 e. The zero-order valence-electron chi connectivity index (χ0n) is 11.5. The maximum atomic E-state index is 12.3. The van der Waals surface area contributed by atoms with E-state index in [2.05, 4.69) is 0 Å². The quantitative estimate of drug-likeness (QED) is 0.664.